The standard InChI is InChI=1S/C18H27Cl3N4O2.HI/c1-22-17(24-12-18(25(2)3)4-7-26-8-5-18)23-6-9-27-16-14(20)10-13(19)11-15(16)21;/h10-11H,4-9,12H2,1-3H3,(H2,22,23,24);1H. The maximum atomic E-state index is 6.12. The largest absolute Gasteiger partial charge is 0.489 e. The van der Waals surface area contributed by atoms with Gasteiger partial charge in [-0.3, -0.25) is 4.99 Å². The quantitative estimate of drug-likeness (QED) is 0.227. The molecule has 0 aliphatic carbocycles. The average molecular weight is 566 g/mol. The molecule has 1 aromatic carbocycles. The van der Waals surface area contributed by atoms with E-state index in [0.29, 0.717) is 34.0 Å². The minimum Gasteiger partial charge on any atom is -0.489 e. The van der Waals surface area contributed by atoms with E-state index in [-0.39, 0.29) is 29.5 Å². The van der Waals surface area contributed by atoms with E-state index in [2.05, 4.69) is 34.6 Å². The highest BCUT2D eigenvalue weighted by atomic mass is 127. The number of likely N-dealkylation sites (N-methyl/N-ethyl adjacent to an activating group) is 1. The van der Waals surface area contributed by atoms with Crippen LogP contribution in [0.25, 0.3) is 0 Å². The molecule has 28 heavy (non-hydrogen) atoms. The number of aliphatic imine (C=N–C) groups is 1. The van der Waals surface area contributed by atoms with Gasteiger partial charge >= 0.3 is 0 Å². The molecule has 0 atom stereocenters. The fourth-order valence-corrected chi connectivity index (χ4v) is 3.92. The van der Waals surface area contributed by atoms with Gasteiger partial charge in [-0.05, 0) is 39.1 Å². The Labute approximate surface area is 199 Å². The van der Waals surface area contributed by atoms with Crippen LogP contribution in [0.4, 0.5) is 0 Å². The van der Waals surface area contributed by atoms with Gasteiger partial charge in [0, 0.05) is 37.4 Å². The van der Waals surface area contributed by atoms with Crippen molar-refractivity contribution in [2.24, 2.45) is 4.99 Å². The van der Waals surface area contributed by atoms with Crippen molar-refractivity contribution in [2.75, 3.05) is 54.1 Å². The molecule has 0 bridgehead atoms. The van der Waals surface area contributed by atoms with Gasteiger partial charge in [0.1, 0.15) is 6.61 Å². The van der Waals surface area contributed by atoms with Gasteiger partial charge in [0.15, 0.2) is 11.7 Å². The molecule has 2 rings (SSSR count). The fourth-order valence-electron chi connectivity index (χ4n) is 2.99. The van der Waals surface area contributed by atoms with Gasteiger partial charge in [0.25, 0.3) is 0 Å². The van der Waals surface area contributed by atoms with Gasteiger partial charge in [-0.1, -0.05) is 34.8 Å². The van der Waals surface area contributed by atoms with Gasteiger partial charge < -0.3 is 25.0 Å². The minimum atomic E-state index is 0. The zero-order chi connectivity index (χ0) is 19.9. The van der Waals surface area contributed by atoms with Crippen LogP contribution in [0, 0.1) is 0 Å². The molecular formula is C18H28Cl3IN4O2. The number of rotatable bonds is 7. The van der Waals surface area contributed by atoms with Crippen molar-refractivity contribution < 1.29 is 9.47 Å². The van der Waals surface area contributed by atoms with Crippen LogP contribution < -0.4 is 15.4 Å². The fraction of sp³-hybridized carbons (Fsp3) is 0.611. The molecule has 1 fully saturated rings. The summed E-state index contributed by atoms with van der Waals surface area (Å²) < 4.78 is 11.2. The number of nitrogens with zero attached hydrogens (tertiary/aromatic N) is 2. The van der Waals surface area contributed by atoms with E-state index >= 15 is 0 Å². The number of benzene rings is 1. The summed E-state index contributed by atoms with van der Waals surface area (Å²) in [5.74, 6) is 1.15. The molecule has 160 valence electrons. The number of nitrogens with one attached hydrogen (secondary N) is 2. The maximum absolute atomic E-state index is 6.12. The Hall–Kier alpha value is -0.190. The number of hydrogen-bond donors (Lipinski definition) is 2. The van der Waals surface area contributed by atoms with Crippen LogP contribution in [0.1, 0.15) is 12.8 Å². The summed E-state index contributed by atoms with van der Waals surface area (Å²) in [4.78, 5) is 6.54. The third-order valence-corrected chi connectivity index (χ3v) is 5.56. The third kappa shape index (κ3) is 7.25. The average Bonchev–Trinajstić information content (AvgIpc) is 2.63. The molecule has 0 saturated carbocycles. The highest BCUT2D eigenvalue weighted by molar-refractivity contribution is 14.0. The lowest BCUT2D eigenvalue weighted by Crippen LogP contribution is -2.57. The summed E-state index contributed by atoms with van der Waals surface area (Å²) in [6.07, 6.45) is 1.97. The zero-order valence-corrected chi connectivity index (χ0v) is 21.0. The SMILES string of the molecule is CN=C(NCCOc1c(Cl)cc(Cl)cc1Cl)NCC1(N(C)C)CCOCC1.I. The zero-order valence-electron chi connectivity index (χ0n) is 16.4. The summed E-state index contributed by atoms with van der Waals surface area (Å²) in [7, 11) is 5.96. The highest BCUT2D eigenvalue weighted by Crippen LogP contribution is 2.35. The molecule has 2 N–H and O–H groups in total. The highest BCUT2D eigenvalue weighted by Gasteiger charge is 2.34. The predicted octanol–water partition coefficient (Wildman–Crippen LogP) is 3.92. The van der Waals surface area contributed by atoms with Crippen molar-refractivity contribution in [2.45, 2.75) is 18.4 Å². The Balaban J connectivity index is 0.00000392. The van der Waals surface area contributed by atoms with Crippen molar-refractivity contribution in [3.63, 3.8) is 0 Å². The van der Waals surface area contributed by atoms with Crippen LogP contribution in [0.2, 0.25) is 15.1 Å². The van der Waals surface area contributed by atoms with Gasteiger partial charge in [0.2, 0.25) is 0 Å². The molecule has 6 nitrogen and oxygen atoms in total. The maximum Gasteiger partial charge on any atom is 0.191 e. The normalized spacial score (nSPS) is 16.5. The summed E-state index contributed by atoms with van der Waals surface area (Å²) in [6.45, 7) is 3.28. The molecule has 1 aliphatic rings. The molecule has 10 heteroatoms. The summed E-state index contributed by atoms with van der Waals surface area (Å²) >= 11 is 18.1. The Morgan fingerprint density at radius 2 is 1.79 bits per heavy atom. The van der Waals surface area contributed by atoms with E-state index in [1.165, 1.54) is 0 Å². The second-order valence-electron chi connectivity index (χ2n) is 6.63. The molecular weight excluding hydrogens is 537 g/mol. The van der Waals surface area contributed by atoms with Crippen molar-refractivity contribution in [3.8, 4) is 5.75 Å². The van der Waals surface area contributed by atoms with E-state index < -0.39 is 0 Å². The summed E-state index contributed by atoms with van der Waals surface area (Å²) in [6, 6.07) is 3.21. The monoisotopic (exact) mass is 564 g/mol. The number of guanidine groups is 1. The Morgan fingerprint density at radius 3 is 2.32 bits per heavy atom. The number of hydrogen-bond acceptors (Lipinski definition) is 4. The molecule has 1 saturated heterocycles. The summed E-state index contributed by atoms with van der Waals surface area (Å²) in [5.41, 5.74) is 0.0662. The number of ether oxygens (including phenoxy) is 2. The lowest BCUT2D eigenvalue weighted by atomic mass is 9.88. The first-order chi connectivity index (χ1) is 12.9. The predicted molar refractivity (Wildman–Crippen MR) is 128 cm³/mol. The van der Waals surface area contributed by atoms with E-state index in [1.807, 2.05) is 0 Å². The van der Waals surface area contributed by atoms with Crippen LogP contribution in [0.5, 0.6) is 5.75 Å². The second-order valence-corrected chi connectivity index (χ2v) is 7.88. The topological polar surface area (TPSA) is 58.1 Å². The molecule has 0 unspecified atom stereocenters. The van der Waals surface area contributed by atoms with Crippen molar-refractivity contribution in [1.82, 2.24) is 15.5 Å². The second kappa shape index (κ2) is 12.5. The first-order valence-corrected chi connectivity index (χ1v) is 9.98. The first kappa shape index (κ1) is 25.8. The van der Waals surface area contributed by atoms with Crippen molar-refractivity contribution in [1.29, 1.82) is 0 Å². The van der Waals surface area contributed by atoms with E-state index in [9.17, 15) is 0 Å². The van der Waals surface area contributed by atoms with Gasteiger partial charge in [0.05, 0.1) is 16.6 Å². The smallest absolute Gasteiger partial charge is 0.191 e. The van der Waals surface area contributed by atoms with Crippen molar-refractivity contribution >= 4 is 64.7 Å². The Morgan fingerprint density at radius 1 is 1.18 bits per heavy atom. The van der Waals surface area contributed by atoms with Crippen LogP contribution in [0.3, 0.4) is 0 Å². The Kier molecular flexibility index (Phi) is 11.5. The molecule has 0 aromatic heterocycles. The lowest BCUT2D eigenvalue weighted by molar-refractivity contribution is -0.00501. The molecule has 0 radical (unpaired) electrons. The lowest BCUT2D eigenvalue weighted by Gasteiger charge is -2.43. The van der Waals surface area contributed by atoms with Gasteiger partial charge in [-0.25, -0.2) is 0 Å². The number of halogens is 4. The first-order valence-electron chi connectivity index (χ1n) is 8.85. The van der Waals surface area contributed by atoms with Crippen LogP contribution in [-0.4, -0.2) is 70.5 Å². The molecule has 0 amide bonds. The van der Waals surface area contributed by atoms with Gasteiger partial charge in [-0.15, -0.1) is 24.0 Å². The molecule has 1 heterocycles. The van der Waals surface area contributed by atoms with E-state index in [0.717, 1.165) is 38.6 Å². The molecule has 0 spiro atoms. The Bertz CT molecular complexity index is 633. The third-order valence-electron chi connectivity index (χ3n) is 4.78. The van der Waals surface area contributed by atoms with E-state index in [1.54, 1.807) is 19.2 Å². The summed E-state index contributed by atoms with van der Waals surface area (Å²) in [5, 5.41) is 7.90. The van der Waals surface area contributed by atoms with E-state index in [4.69, 9.17) is 44.3 Å². The van der Waals surface area contributed by atoms with Gasteiger partial charge in [-0.2, -0.15) is 0 Å². The minimum absolute atomic E-state index is 0. The van der Waals surface area contributed by atoms with Crippen LogP contribution in [0.15, 0.2) is 17.1 Å². The molecule has 1 aliphatic heterocycles. The van der Waals surface area contributed by atoms with Crippen LogP contribution in [-0.2, 0) is 4.74 Å². The van der Waals surface area contributed by atoms with Crippen molar-refractivity contribution in [3.05, 3.63) is 27.2 Å². The molecule has 1 aromatic rings. The van der Waals surface area contributed by atoms with Crippen LogP contribution >= 0.6 is 58.8 Å².